The maximum absolute atomic E-state index is 11.3. The lowest BCUT2D eigenvalue weighted by Gasteiger charge is -2.23. The highest BCUT2D eigenvalue weighted by atomic mass is 31.1. The number of hydrogen-bond donors (Lipinski definition) is 1. The highest BCUT2D eigenvalue weighted by molar-refractivity contribution is 7.55. The largest absolute Gasteiger partial charge is 0.507 e. The fourth-order valence-electron chi connectivity index (χ4n) is 4.18. The summed E-state index contributed by atoms with van der Waals surface area (Å²) < 4.78 is 0. The highest BCUT2D eigenvalue weighted by Gasteiger charge is 2.21. The van der Waals surface area contributed by atoms with E-state index in [1.54, 1.807) is 0 Å². The van der Waals surface area contributed by atoms with E-state index >= 15 is 0 Å². The first-order valence-electron chi connectivity index (χ1n) is 10.6. The van der Waals surface area contributed by atoms with Crippen LogP contribution < -0.4 is 10.6 Å². The molecule has 2 aliphatic carbocycles. The van der Waals surface area contributed by atoms with Crippen LogP contribution in [0.15, 0.2) is 85.0 Å². The third-order valence-corrected chi connectivity index (χ3v) is 7.13. The molecule has 1 N–H and O–H groups in total. The second-order valence-electron chi connectivity index (χ2n) is 8.34. The summed E-state index contributed by atoms with van der Waals surface area (Å²) in [5.74, 6) is 1.08. The van der Waals surface area contributed by atoms with Gasteiger partial charge in [0, 0.05) is 29.2 Å². The fourth-order valence-corrected chi connectivity index (χ4v) is 5.47. The van der Waals surface area contributed by atoms with Gasteiger partial charge < -0.3 is 10.0 Å². The SMILES string of the molecule is CN(C)Cc1ccccc1Pc1cc(C2C=CC=CC2)cc(C2C=CC=CC2)c1O. The van der Waals surface area contributed by atoms with Crippen molar-refractivity contribution in [2.45, 2.75) is 31.2 Å². The topological polar surface area (TPSA) is 23.5 Å². The third kappa shape index (κ3) is 4.83. The number of phenolic OH excluding ortho intramolecular Hbond substituents is 1. The van der Waals surface area contributed by atoms with Crippen molar-refractivity contribution in [1.82, 2.24) is 4.90 Å². The molecule has 0 bridgehead atoms. The summed E-state index contributed by atoms with van der Waals surface area (Å²) in [6.45, 7) is 0.906. The van der Waals surface area contributed by atoms with Gasteiger partial charge in [0.2, 0.25) is 0 Å². The van der Waals surface area contributed by atoms with Gasteiger partial charge >= 0.3 is 0 Å². The summed E-state index contributed by atoms with van der Waals surface area (Å²) >= 11 is 0. The van der Waals surface area contributed by atoms with E-state index < -0.39 is 0 Å². The van der Waals surface area contributed by atoms with E-state index in [0.29, 0.717) is 20.2 Å². The first kappa shape index (κ1) is 20.8. The Morgan fingerprint density at radius 2 is 1.60 bits per heavy atom. The van der Waals surface area contributed by atoms with Gasteiger partial charge in [-0.25, -0.2) is 0 Å². The van der Waals surface area contributed by atoms with Gasteiger partial charge in [0.1, 0.15) is 5.75 Å². The summed E-state index contributed by atoms with van der Waals surface area (Å²) in [6, 6.07) is 13.1. The van der Waals surface area contributed by atoms with Crippen LogP contribution >= 0.6 is 8.58 Å². The smallest absolute Gasteiger partial charge is 0.127 e. The van der Waals surface area contributed by atoms with Crippen LogP contribution in [0.1, 0.15) is 41.4 Å². The zero-order valence-corrected chi connectivity index (χ0v) is 18.8. The van der Waals surface area contributed by atoms with Crippen molar-refractivity contribution in [2.24, 2.45) is 0 Å². The van der Waals surface area contributed by atoms with Crippen molar-refractivity contribution in [3.8, 4) is 5.75 Å². The predicted octanol–water partition coefficient (Wildman–Crippen LogP) is 5.28. The van der Waals surface area contributed by atoms with E-state index in [2.05, 4.69) is 104 Å². The Hall–Kier alpha value is -2.41. The number of phenols is 1. The maximum atomic E-state index is 11.3. The van der Waals surface area contributed by atoms with Gasteiger partial charge in [-0.05, 0) is 49.4 Å². The molecule has 0 saturated heterocycles. The summed E-state index contributed by atoms with van der Waals surface area (Å²) in [5, 5.41) is 13.7. The third-order valence-electron chi connectivity index (χ3n) is 5.72. The molecule has 2 aliphatic rings. The number of allylic oxidation sites excluding steroid dienone is 8. The van der Waals surface area contributed by atoms with Gasteiger partial charge in [0.25, 0.3) is 0 Å². The van der Waals surface area contributed by atoms with E-state index in [9.17, 15) is 5.11 Å². The zero-order valence-electron chi connectivity index (χ0n) is 17.8. The second kappa shape index (κ2) is 9.60. The number of benzene rings is 2. The molecule has 4 rings (SSSR count). The van der Waals surface area contributed by atoms with Crippen LogP contribution in [0.25, 0.3) is 0 Å². The van der Waals surface area contributed by atoms with Gasteiger partial charge in [0.15, 0.2) is 0 Å². The Balaban J connectivity index is 1.75. The minimum atomic E-state index is 0.235. The number of nitrogens with zero attached hydrogens (tertiary/aromatic N) is 1. The lowest BCUT2D eigenvalue weighted by Crippen LogP contribution is -2.18. The summed E-state index contributed by atoms with van der Waals surface area (Å²) in [5.41, 5.74) is 3.69. The molecule has 0 aromatic heterocycles. The monoisotopic (exact) mass is 415 g/mol. The first-order chi connectivity index (χ1) is 14.6. The first-order valence-corrected chi connectivity index (χ1v) is 11.6. The second-order valence-corrected chi connectivity index (χ2v) is 9.66. The molecule has 0 fully saturated rings. The van der Waals surface area contributed by atoms with Crippen LogP contribution in [0.5, 0.6) is 5.75 Å². The van der Waals surface area contributed by atoms with Crippen LogP contribution in [0.4, 0.5) is 0 Å². The number of hydrogen-bond acceptors (Lipinski definition) is 2. The molecule has 0 spiro atoms. The Kier molecular flexibility index (Phi) is 6.67. The standard InChI is InChI=1S/C27H30NOP/c1-28(2)19-22-15-9-10-16-25(22)30-26-18-23(20-11-5-3-6-12-20)17-24(27(26)29)21-13-7-4-8-14-21/h3-11,13,15-18,20-21,29-30H,12,14,19H2,1-2H3. The van der Waals surface area contributed by atoms with E-state index in [1.807, 2.05) is 0 Å². The van der Waals surface area contributed by atoms with Gasteiger partial charge in [0.05, 0.1) is 0 Å². The molecule has 0 saturated carbocycles. The van der Waals surface area contributed by atoms with Crippen LogP contribution in [0.2, 0.25) is 0 Å². The normalized spacial score (nSPS) is 20.6. The Bertz CT molecular complexity index is 1020. The van der Waals surface area contributed by atoms with Crippen LogP contribution in [-0.4, -0.2) is 24.1 Å². The summed E-state index contributed by atoms with van der Waals surface area (Å²) in [6.07, 6.45) is 19.3. The minimum absolute atomic E-state index is 0.235. The van der Waals surface area contributed by atoms with E-state index in [1.165, 1.54) is 16.4 Å². The average Bonchev–Trinajstić information content (AvgIpc) is 2.77. The van der Waals surface area contributed by atoms with Crippen molar-refractivity contribution >= 4 is 19.2 Å². The fraction of sp³-hybridized carbons (Fsp3) is 0.259. The van der Waals surface area contributed by atoms with Crippen molar-refractivity contribution in [2.75, 3.05) is 14.1 Å². The molecule has 3 atom stereocenters. The van der Waals surface area contributed by atoms with Crippen LogP contribution in [-0.2, 0) is 6.54 Å². The molecular formula is C27H30NOP. The summed E-state index contributed by atoms with van der Waals surface area (Å²) in [4.78, 5) is 2.20. The molecule has 30 heavy (non-hydrogen) atoms. The Labute approximate surface area is 182 Å². The zero-order chi connectivity index (χ0) is 20.9. The lowest BCUT2D eigenvalue weighted by molar-refractivity contribution is 0.403. The molecule has 2 aromatic carbocycles. The highest BCUT2D eigenvalue weighted by Crippen LogP contribution is 2.37. The molecule has 0 amide bonds. The van der Waals surface area contributed by atoms with Gasteiger partial charge in [-0.3, -0.25) is 0 Å². The molecule has 3 unspecified atom stereocenters. The molecule has 0 heterocycles. The average molecular weight is 416 g/mol. The minimum Gasteiger partial charge on any atom is -0.507 e. The Morgan fingerprint density at radius 3 is 2.27 bits per heavy atom. The maximum Gasteiger partial charge on any atom is 0.127 e. The van der Waals surface area contributed by atoms with Gasteiger partial charge in [-0.2, -0.15) is 0 Å². The molecule has 0 aliphatic heterocycles. The van der Waals surface area contributed by atoms with E-state index in [-0.39, 0.29) is 5.92 Å². The van der Waals surface area contributed by atoms with E-state index in [0.717, 1.165) is 30.3 Å². The van der Waals surface area contributed by atoms with Gasteiger partial charge in [-0.15, -0.1) is 0 Å². The molecule has 0 radical (unpaired) electrons. The molecule has 3 heteroatoms. The number of rotatable bonds is 6. The Morgan fingerprint density at radius 1 is 0.900 bits per heavy atom. The summed E-state index contributed by atoms with van der Waals surface area (Å²) in [7, 11) is 4.63. The molecule has 2 aromatic rings. The van der Waals surface area contributed by atoms with Crippen LogP contribution in [0, 0.1) is 0 Å². The molecule has 154 valence electrons. The van der Waals surface area contributed by atoms with Crippen molar-refractivity contribution in [3.63, 3.8) is 0 Å². The molecule has 2 nitrogen and oxygen atoms in total. The van der Waals surface area contributed by atoms with E-state index in [4.69, 9.17) is 0 Å². The van der Waals surface area contributed by atoms with Crippen LogP contribution in [0.3, 0.4) is 0 Å². The predicted molar refractivity (Wildman–Crippen MR) is 131 cm³/mol. The van der Waals surface area contributed by atoms with Crippen molar-refractivity contribution < 1.29 is 5.11 Å². The lowest BCUT2D eigenvalue weighted by atomic mass is 9.86. The molecular weight excluding hydrogens is 385 g/mol. The van der Waals surface area contributed by atoms with Crippen molar-refractivity contribution in [3.05, 3.63) is 102 Å². The van der Waals surface area contributed by atoms with Gasteiger partial charge in [-0.1, -0.05) is 87.5 Å². The number of aromatic hydroxyl groups is 1. The quantitative estimate of drug-likeness (QED) is 0.649. The van der Waals surface area contributed by atoms with Crippen molar-refractivity contribution in [1.29, 1.82) is 0 Å².